The van der Waals surface area contributed by atoms with Gasteiger partial charge >= 0.3 is 0 Å². The molecule has 134 valence electrons. The van der Waals surface area contributed by atoms with E-state index in [1.54, 1.807) is 0 Å². The van der Waals surface area contributed by atoms with Gasteiger partial charge in [0, 0.05) is 29.9 Å². The van der Waals surface area contributed by atoms with Gasteiger partial charge in [-0.05, 0) is 54.8 Å². The molecular weight excluding hydrogens is 322 g/mol. The van der Waals surface area contributed by atoms with Crippen LogP contribution in [0.15, 0.2) is 54.6 Å². The maximum Gasteiger partial charge on any atom is 0.223 e. The van der Waals surface area contributed by atoms with Crippen LogP contribution in [0.25, 0.3) is 10.9 Å². The van der Waals surface area contributed by atoms with Gasteiger partial charge in [-0.25, -0.2) is 0 Å². The van der Waals surface area contributed by atoms with Crippen LogP contribution in [0.1, 0.15) is 43.0 Å². The molecule has 3 N–H and O–H groups in total. The molecule has 1 aliphatic heterocycles. The number of carbonyl (C=O) groups is 1. The summed E-state index contributed by atoms with van der Waals surface area (Å²) in [4.78, 5) is 18.5. The lowest BCUT2D eigenvalue weighted by molar-refractivity contribution is -0.135. The summed E-state index contributed by atoms with van der Waals surface area (Å²) < 4.78 is 0. The molecule has 2 aromatic carbocycles. The molecule has 1 amide bonds. The normalized spacial score (nSPS) is 17.5. The minimum atomic E-state index is 0.150. The van der Waals surface area contributed by atoms with Crippen molar-refractivity contribution >= 4 is 22.5 Å². The summed E-state index contributed by atoms with van der Waals surface area (Å²) in [6, 6.07) is 18.4. The number of nitrogens with one attached hydrogen (secondary N) is 1. The van der Waals surface area contributed by atoms with Crippen molar-refractivity contribution < 1.29 is 4.79 Å². The molecule has 4 nitrogen and oxygen atoms in total. The first-order chi connectivity index (χ1) is 12.7. The first-order valence-corrected chi connectivity index (χ1v) is 9.43. The van der Waals surface area contributed by atoms with E-state index in [9.17, 15) is 4.79 Å². The summed E-state index contributed by atoms with van der Waals surface area (Å²) in [6.07, 6.45) is 4.46. The molecule has 0 spiro atoms. The number of hydrogen-bond acceptors (Lipinski definition) is 2. The van der Waals surface area contributed by atoms with Gasteiger partial charge in [0.2, 0.25) is 5.91 Å². The molecule has 2 heterocycles. The number of rotatable bonds is 4. The van der Waals surface area contributed by atoms with E-state index in [1.807, 2.05) is 36.4 Å². The number of nitrogen functional groups attached to an aromatic ring is 1. The number of fused-ring (bicyclic) bond motifs is 1. The SMILES string of the molecule is Nc1ccccc1CCC(=O)N1CCCCC1c1cc2ccccc2[nH]1. The zero-order valence-electron chi connectivity index (χ0n) is 14.9. The molecule has 26 heavy (non-hydrogen) atoms. The molecule has 0 aliphatic carbocycles. The number of likely N-dealkylation sites (tertiary alicyclic amines) is 1. The number of amides is 1. The van der Waals surface area contributed by atoms with Crippen LogP contribution in [0, 0.1) is 0 Å². The summed E-state index contributed by atoms with van der Waals surface area (Å²) in [5.41, 5.74) is 10.1. The Kier molecular flexibility index (Phi) is 4.65. The highest BCUT2D eigenvalue weighted by Crippen LogP contribution is 2.33. The highest BCUT2D eigenvalue weighted by Gasteiger charge is 2.28. The highest BCUT2D eigenvalue weighted by molar-refractivity contribution is 5.81. The molecule has 4 rings (SSSR count). The average Bonchev–Trinajstić information content (AvgIpc) is 3.11. The van der Waals surface area contributed by atoms with Gasteiger partial charge in [-0.3, -0.25) is 4.79 Å². The van der Waals surface area contributed by atoms with Gasteiger partial charge in [0.15, 0.2) is 0 Å². The number of nitrogens with two attached hydrogens (primary N) is 1. The lowest BCUT2D eigenvalue weighted by atomic mass is 9.98. The van der Waals surface area contributed by atoms with Crippen molar-refractivity contribution in [1.82, 2.24) is 9.88 Å². The minimum absolute atomic E-state index is 0.150. The van der Waals surface area contributed by atoms with E-state index < -0.39 is 0 Å². The molecule has 1 aliphatic rings. The highest BCUT2D eigenvalue weighted by atomic mass is 16.2. The van der Waals surface area contributed by atoms with Crippen molar-refractivity contribution in [2.75, 3.05) is 12.3 Å². The Hall–Kier alpha value is -2.75. The Morgan fingerprint density at radius 1 is 1.12 bits per heavy atom. The summed E-state index contributed by atoms with van der Waals surface area (Å²) in [7, 11) is 0. The number of carbonyl (C=O) groups excluding carboxylic acids is 1. The van der Waals surface area contributed by atoms with Crippen molar-refractivity contribution in [3.63, 3.8) is 0 Å². The average molecular weight is 347 g/mol. The van der Waals surface area contributed by atoms with E-state index in [4.69, 9.17) is 5.73 Å². The molecule has 0 radical (unpaired) electrons. The number of benzene rings is 2. The summed E-state index contributed by atoms with van der Waals surface area (Å²) in [5.74, 6) is 0.219. The predicted molar refractivity (Wildman–Crippen MR) is 106 cm³/mol. The van der Waals surface area contributed by atoms with Crippen LogP contribution in [0.4, 0.5) is 5.69 Å². The molecule has 4 heteroatoms. The quantitative estimate of drug-likeness (QED) is 0.686. The third-order valence-electron chi connectivity index (χ3n) is 5.40. The lowest BCUT2D eigenvalue weighted by Crippen LogP contribution is -2.38. The fraction of sp³-hybridized carbons (Fsp3) is 0.318. The largest absolute Gasteiger partial charge is 0.399 e. The Morgan fingerprint density at radius 2 is 1.92 bits per heavy atom. The zero-order valence-corrected chi connectivity index (χ0v) is 14.9. The first kappa shape index (κ1) is 16.7. The third-order valence-corrected chi connectivity index (χ3v) is 5.40. The zero-order chi connectivity index (χ0) is 17.9. The molecule has 1 atom stereocenters. The molecule has 1 aromatic heterocycles. The van der Waals surface area contributed by atoms with Gasteiger partial charge < -0.3 is 15.6 Å². The van der Waals surface area contributed by atoms with Crippen molar-refractivity contribution in [2.24, 2.45) is 0 Å². The second-order valence-corrected chi connectivity index (χ2v) is 7.11. The maximum absolute atomic E-state index is 13.0. The predicted octanol–water partition coefficient (Wildman–Crippen LogP) is 4.44. The van der Waals surface area contributed by atoms with Crippen molar-refractivity contribution in [2.45, 2.75) is 38.1 Å². The number of para-hydroxylation sites is 2. The lowest BCUT2D eigenvalue weighted by Gasteiger charge is -2.35. The maximum atomic E-state index is 13.0. The molecule has 0 saturated carbocycles. The van der Waals surface area contributed by atoms with E-state index in [0.717, 1.165) is 48.3 Å². The van der Waals surface area contributed by atoms with E-state index >= 15 is 0 Å². The number of aromatic nitrogens is 1. The molecule has 1 fully saturated rings. The fourth-order valence-electron chi connectivity index (χ4n) is 3.98. The first-order valence-electron chi connectivity index (χ1n) is 9.43. The summed E-state index contributed by atoms with van der Waals surface area (Å²) in [5, 5.41) is 1.21. The van der Waals surface area contributed by atoms with E-state index in [-0.39, 0.29) is 11.9 Å². The fourth-order valence-corrected chi connectivity index (χ4v) is 3.98. The third kappa shape index (κ3) is 3.32. The number of hydrogen-bond donors (Lipinski definition) is 2. The second kappa shape index (κ2) is 7.24. The van der Waals surface area contributed by atoms with Gasteiger partial charge in [0.25, 0.3) is 0 Å². The van der Waals surface area contributed by atoms with Crippen molar-refractivity contribution in [1.29, 1.82) is 0 Å². The Morgan fingerprint density at radius 3 is 2.77 bits per heavy atom. The number of piperidine rings is 1. The number of aryl methyl sites for hydroxylation is 1. The molecule has 3 aromatic rings. The molecular formula is C22H25N3O. The topological polar surface area (TPSA) is 62.1 Å². The molecule has 1 unspecified atom stereocenters. The van der Waals surface area contributed by atoms with Gasteiger partial charge in [-0.15, -0.1) is 0 Å². The Labute approximate surface area is 154 Å². The van der Waals surface area contributed by atoms with Gasteiger partial charge in [-0.1, -0.05) is 36.4 Å². The van der Waals surface area contributed by atoms with Gasteiger partial charge in [-0.2, -0.15) is 0 Å². The number of nitrogens with zero attached hydrogens (tertiary/aromatic N) is 1. The smallest absolute Gasteiger partial charge is 0.223 e. The standard InChI is InChI=1S/C22H25N3O/c23-18-9-3-1-7-16(18)12-13-22(26)25-14-6-5-11-21(25)20-15-17-8-2-4-10-19(17)24-20/h1-4,7-10,15,21,24H,5-6,11-14,23H2. The number of anilines is 1. The van der Waals surface area contributed by atoms with Crippen LogP contribution in [0.5, 0.6) is 0 Å². The number of H-pyrrole nitrogens is 1. The Balaban J connectivity index is 1.51. The monoisotopic (exact) mass is 347 g/mol. The molecule has 0 bridgehead atoms. The Bertz CT molecular complexity index is 881. The van der Waals surface area contributed by atoms with Crippen LogP contribution >= 0.6 is 0 Å². The van der Waals surface area contributed by atoms with Gasteiger partial charge in [0.1, 0.15) is 0 Å². The van der Waals surface area contributed by atoms with Crippen LogP contribution in [0.2, 0.25) is 0 Å². The van der Waals surface area contributed by atoms with Crippen LogP contribution in [0.3, 0.4) is 0 Å². The second-order valence-electron chi connectivity index (χ2n) is 7.11. The van der Waals surface area contributed by atoms with Crippen LogP contribution in [-0.2, 0) is 11.2 Å². The summed E-state index contributed by atoms with van der Waals surface area (Å²) in [6.45, 7) is 0.836. The van der Waals surface area contributed by atoms with Crippen LogP contribution < -0.4 is 5.73 Å². The summed E-state index contributed by atoms with van der Waals surface area (Å²) >= 11 is 0. The van der Waals surface area contributed by atoms with E-state index in [2.05, 4.69) is 28.1 Å². The minimum Gasteiger partial charge on any atom is -0.399 e. The van der Waals surface area contributed by atoms with Crippen LogP contribution in [-0.4, -0.2) is 22.3 Å². The van der Waals surface area contributed by atoms with Crippen molar-refractivity contribution in [3.05, 3.63) is 65.9 Å². The van der Waals surface area contributed by atoms with Gasteiger partial charge in [0.05, 0.1) is 6.04 Å². The molecule has 1 saturated heterocycles. The van der Waals surface area contributed by atoms with E-state index in [0.29, 0.717) is 12.8 Å². The van der Waals surface area contributed by atoms with E-state index in [1.165, 1.54) is 5.39 Å². The van der Waals surface area contributed by atoms with Crippen molar-refractivity contribution in [3.8, 4) is 0 Å². The number of aromatic amines is 1.